The van der Waals surface area contributed by atoms with Crippen LogP contribution in [0.15, 0.2) is 17.1 Å². The lowest BCUT2D eigenvalue weighted by atomic mass is 10.0. The highest BCUT2D eigenvalue weighted by molar-refractivity contribution is 6.18. The third kappa shape index (κ3) is 2.66. The lowest BCUT2D eigenvalue weighted by Crippen LogP contribution is -2.37. The molecule has 100 valence electrons. The quantitative estimate of drug-likeness (QED) is 0.752. The number of hydrogen-bond donors (Lipinski definition) is 2. The summed E-state index contributed by atoms with van der Waals surface area (Å²) in [6, 6.07) is 1.57. The van der Waals surface area contributed by atoms with Crippen LogP contribution in [0.25, 0.3) is 0 Å². The van der Waals surface area contributed by atoms with Gasteiger partial charge >= 0.3 is 5.69 Å². The minimum atomic E-state index is -0.670. The van der Waals surface area contributed by atoms with Crippen LogP contribution >= 0.6 is 11.6 Å². The lowest BCUT2D eigenvalue weighted by molar-refractivity contribution is -0.0628. The Hall–Kier alpha value is -1.11. The van der Waals surface area contributed by atoms with E-state index in [9.17, 15) is 9.90 Å². The Kier molecular flexibility index (Phi) is 3.89. The lowest BCUT2D eigenvalue weighted by Gasteiger charge is -2.24. The van der Waals surface area contributed by atoms with E-state index in [0.717, 1.165) is 6.42 Å². The van der Waals surface area contributed by atoms with Gasteiger partial charge in [0.15, 0.2) is 0 Å². The summed E-state index contributed by atoms with van der Waals surface area (Å²) in [7, 11) is 0. The summed E-state index contributed by atoms with van der Waals surface area (Å²) in [5, 5.41) is 9.28. The van der Waals surface area contributed by atoms with Crippen LogP contribution in [0.2, 0.25) is 0 Å². The van der Waals surface area contributed by atoms with Crippen molar-refractivity contribution >= 4 is 17.4 Å². The van der Waals surface area contributed by atoms with Gasteiger partial charge in [-0.25, -0.2) is 4.79 Å². The molecule has 1 aromatic rings. The van der Waals surface area contributed by atoms with Crippen LogP contribution in [-0.2, 0) is 11.3 Å². The van der Waals surface area contributed by atoms with E-state index in [1.54, 1.807) is 12.3 Å². The molecule has 2 rings (SSSR count). The van der Waals surface area contributed by atoms with Crippen molar-refractivity contribution in [3.05, 3.63) is 22.7 Å². The number of rotatable bonds is 4. The molecule has 1 fully saturated rings. The predicted molar refractivity (Wildman–Crippen MR) is 67.6 cm³/mol. The Bertz CT molecular complexity index is 473. The molecule has 0 aliphatic carbocycles. The Morgan fingerprint density at radius 2 is 2.50 bits per heavy atom. The van der Waals surface area contributed by atoms with Crippen molar-refractivity contribution in [1.82, 2.24) is 9.55 Å². The van der Waals surface area contributed by atoms with Gasteiger partial charge < -0.3 is 15.6 Å². The number of nitrogen functional groups attached to an aromatic ring is 1. The third-order valence-corrected chi connectivity index (χ3v) is 3.65. The second kappa shape index (κ2) is 5.26. The van der Waals surface area contributed by atoms with E-state index in [0.29, 0.717) is 13.0 Å². The molecule has 2 heterocycles. The molecule has 0 saturated carbocycles. The zero-order valence-corrected chi connectivity index (χ0v) is 10.6. The van der Waals surface area contributed by atoms with Crippen molar-refractivity contribution in [3.8, 4) is 0 Å². The van der Waals surface area contributed by atoms with Crippen molar-refractivity contribution in [3.63, 3.8) is 0 Å². The van der Waals surface area contributed by atoms with Crippen molar-refractivity contribution < 1.29 is 9.84 Å². The summed E-state index contributed by atoms with van der Waals surface area (Å²) < 4.78 is 7.18. The molecule has 0 aromatic carbocycles. The van der Waals surface area contributed by atoms with E-state index in [-0.39, 0.29) is 24.4 Å². The Morgan fingerprint density at radius 1 is 1.72 bits per heavy atom. The van der Waals surface area contributed by atoms with Gasteiger partial charge in [-0.2, -0.15) is 4.98 Å². The number of hydrogen-bond acceptors (Lipinski definition) is 5. The predicted octanol–water partition coefficient (Wildman–Crippen LogP) is -0.0256. The van der Waals surface area contributed by atoms with Crippen molar-refractivity contribution in [2.24, 2.45) is 0 Å². The Labute approximate surface area is 109 Å². The van der Waals surface area contributed by atoms with Gasteiger partial charge in [0.25, 0.3) is 0 Å². The number of nitrogens with two attached hydrogens (primary N) is 1. The number of aliphatic hydroxyl groups excluding tert-OH is 1. The number of aromatic nitrogens is 2. The first kappa shape index (κ1) is 13.3. The molecule has 3 N–H and O–H groups in total. The van der Waals surface area contributed by atoms with Crippen LogP contribution in [0.1, 0.15) is 12.8 Å². The molecule has 2 atom stereocenters. The highest BCUT2D eigenvalue weighted by atomic mass is 35.5. The smallest absolute Gasteiger partial charge is 0.349 e. The average Bonchev–Trinajstić information content (AvgIpc) is 2.77. The highest BCUT2D eigenvalue weighted by Crippen LogP contribution is 2.31. The molecular formula is C11H16ClN3O3. The monoisotopic (exact) mass is 273 g/mol. The molecule has 6 nitrogen and oxygen atoms in total. The second-order valence-electron chi connectivity index (χ2n) is 4.54. The van der Waals surface area contributed by atoms with E-state index in [2.05, 4.69) is 4.98 Å². The van der Waals surface area contributed by atoms with Gasteiger partial charge in [-0.15, -0.1) is 11.6 Å². The van der Waals surface area contributed by atoms with Gasteiger partial charge in [0.1, 0.15) is 11.4 Å². The maximum atomic E-state index is 11.6. The highest BCUT2D eigenvalue weighted by Gasteiger charge is 2.39. The number of ether oxygens (including phenoxy) is 1. The normalized spacial score (nSPS) is 27.6. The van der Waals surface area contributed by atoms with Crippen LogP contribution < -0.4 is 11.4 Å². The molecular weight excluding hydrogens is 258 g/mol. The topological polar surface area (TPSA) is 90.4 Å². The van der Waals surface area contributed by atoms with Gasteiger partial charge in [-0.05, 0) is 18.9 Å². The molecule has 1 aromatic heterocycles. The average molecular weight is 274 g/mol. The molecule has 0 radical (unpaired) electrons. The van der Waals surface area contributed by atoms with Crippen LogP contribution in [0.3, 0.4) is 0 Å². The van der Waals surface area contributed by atoms with Crippen LogP contribution in [0, 0.1) is 0 Å². The van der Waals surface area contributed by atoms with E-state index in [4.69, 9.17) is 22.1 Å². The van der Waals surface area contributed by atoms with Crippen molar-refractivity contribution in [2.75, 3.05) is 18.2 Å². The maximum Gasteiger partial charge on any atom is 0.349 e. The van der Waals surface area contributed by atoms with Crippen molar-refractivity contribution in [2.45, 2.75) is 31.1 Å². The first-order valence-corrected chi connectivity index (χ1v) is 6.30. The molecule has 18 heavy (non-hydrogen) atoms. The number of nitrogens with zero attached hydrogens (tertiary/aromatic N) is 2. The van der Waals surface area contributed by atoms with E-state index >= 15 is 0 Å². The third-order valence-electron chi connectivity index (χ3n) is 3.17. The number of halogens is 1. The fourth-order valence-electron chi connectivity index (χ4n) is 2.08. The number of alkyl halides is 1. The molecule has 7 heteroatoms. The van der Waals surface area contributed by atoms with E-state index < -0.39 is 11.3 Å². The van der Waals surface area contributed by atoms with Gasteiger partial charge in [0.05, 0.1) is 25.1 Å². The zero-order valence-electron chi connectivity index (χ0n) is 9.88. The summed E-state index contributed by atoms with van der Waals surface area (Å²) >= 11 is 5.80. The summed E-state index contributed by atoms with van der Waals surface area (Å²) in [6.07, 6.45) is 2.89. The molecule has 0 unspecified atom stereocenters. The van der Waals surface area contributed by atoms with Gasteiger partial charge in [0.2, 0.25) is 0 Å². The minimum absolute atomic E-state index is 0.109. The maximum absolute atomic E-state index is 11.6. The number of anilines is 1. The largest absolute Gasteiger partial charge is 0.393 e. The molecule has 1 aliphatic heterocycles. The molecule has 0 spiro atoms. The minimum Gasteiger partial charge on any atom is -0.393 e. The Balaban J connectivity index is 2.06. The van der Waals surface area contributed by atoms with Gasteiger partial charge in [-0.1, -0.05) is 0 Å². The van der Waals surface area contributed by atoms with Crippen molar-refractivity contribution in [1.29, 1.82) is 0 Å². The fourth-order valence-corrected chi connectivity index (χ4v) is 2.36. The fraction of sp³-hybridized carbons (Fsp3) is 0.636. The summed E-state index contributed by atoms with van der Waals surface area (Å²) in [5.41, 5.74) is 4.35. The molecule has 0 amide bonds. The zero-order chi connectivity index (χ0) is 13.2. The van der Waals surface area contributed by atoms with Gasteiger partial charge in [-0.3, -0.25) is 4.57 Å². The second-order valence-corrected chi connectivity index (χ2v) is 4.81. The standard InChI is InChI=1S/C11H16ClN3O3/c12-6-11(7-16)3-1-8(18-11)5-15-4-2-9(13)14-10(15)17/h2,4,8,16H,1,3,5-7H2,(H2,13,14,17)/t8-,11-/m1/s1. The number of aliphatic hydroxyl groups is 1. The van der Waals surface area contributed by atoms with E-state index in [1.807, 2.05) is 0 Å². The van der Waals surface area contributed by atoms with Crippen LogP contribution in [-0.4, -0.2) is 38.8 Å². The SMILES string of the molecule is Nc1ccn(C[C@H]2CC[C@](CO)(CCl)O2)c(=O)n1. The molecule has 1 aliphatic rings. The first-order chi connectivity index (χ1) is 8.58. The summed E-state index contributed by atoms with van der Waals surface area (Å²) in [6.45, 7) is 0.284. The summed E-state index contributed by atoms with van der Waals surface area (Å²) in [4.78, 5) is 15.2. The van der Waals surface area contributed by atoms with Crippen LogP contribution in [0.4, 0.5) is 5.82 Å². The van der Waals surface area contributed by atoms with E-state index in [1.165, 1.54) is 4.57 Å². The Morgan fingerprint density at radius 3 is 3.06 bits per heavy atom. The molecule has 0 bridgehead atoms. The van der Waals surface area contributed by atoms with Crippen LogP contribution in [0.5, 0.6) is 0 Å². The molecule has 1 saturated heterocycles. The first-order valence-electron chi connectivity index (χ1n) is 5.76. The van der Waals surface area contributed by atoms with Gasteiger partial charge in [0, 0.05) is 6.20 Å². The summed E-state index contributed by atoms with van der Waals surface area (Å²) in [5.74, 6) is 0.448.